The van der Waals surface area contributed by atoms with E-state index in [0.717, 1.165) is 30.8 Å². The summed E-state index contributed by atoms with van der Waals surface area (Å²) < 4.78 is 0. The van der Waals surface area contributed by atoms with Gasteiger partial charge in [0.25, 0.3) is 5.91 Å². The Bertz CT molecular complexity index is 617. The van der Waals surface area contributed by atoms with Gasteiger partial charge in [0.15, 0.2) is 0 Å². The second kappa shape index (κ2) is 5.66. The molecule has 3 rings (SSSR count). The molecule has 0 bridgehead atoms. The number of carbonyl (C=O) groups is 1. The molecular weight excluding hydrogens is 288 g/mol. The first kappa shape index (κ1) is 13.8. The molecule has 1 atom stereocenters. The predicted octanol–water partition coefficient (Wildman–Crippen LogP) is 3.84. The van der Waals surface area contributed by atoms with E-state index in [1.54, 1.807) is 22.7 Å². The number of thiazole rings is 1. The first-order chi connectivity index (χ1) is 9.63. The van der Waals surface area contributed by atoms with Crippen molar-refractivity contribution in [3.63, 3.8) is 0 Å². The van der Waals surface area contributed by atoms with E-state index >= 15 is 0 Å². The van der Waals surface area contributed by atoms with Crippen LogP contribution in [-0.2, 0) is 0 Å². The molecule has 1 aliphatic heterocycles. The van der Waals surface area contributed by atoms with Gasteiger partial charge in [0.1, 0.15) is 0 Å². The Morgan fingerprint density at radius 3 is 2.80 bits per heavy atom. The third-order valence-corrected chi connectivity index (χ3v) is 5.71. The number of hydrogen-bond acceptors (Lipinski definition) is 4. The van der Waals surface area contributed by atoms with E-state index in [1.807, 2.05) is 30.2 Å². The SMILES string of the molecule is Cc1ccc(C(=O)N2CCC[C@@H](c3ncc(C)s3)C2)s1. The lowest BCUT2D eigenvalue weighted by atomic mass is 9.98. The van der Waals surface area contributed by atoms with Crippen molar-refractivity contribution in [3.05, 3.63) is 38.0 Å². The molecule has 0 saturated carbocycles. The molecule has 106 valence electrons. The minimum absolute atomic E-state index is 0.182. The zero-order valence-electron chi connectivity index (χ0n) is 11.8. The number of nitrogens with zero attached hydrogens (tertiary/aromatic N) is 2. The van der Waals surface area contributed by atoms with Gasteiger partial charge in [0.05, 0.1) is 9.88 Å². The average molecular weight is 306 g/mol. The van der Waals surface area contributed by atoms with Crippen LogP contribution in [0.3, 0.4) is 0 Å². The normalized spacial score (nSPS) is 19.3. The first-order valence-corrected chi connectivity index (χ1v) is 8.55. The van der Waals surface area contributed by atoms with Crippen molar-refractivity contribution in [2.24, 2.45) is 0 Å². The highest BCUT2D eigenvalue weighted by Crippen LogP contribution is 2.31. The van der Waals surface area contributed by atoms with Gasteiger partial charge in [-0.25, -0.2) is 4.98 Å². The fourth-order valence-corrected chi connectivity index (χ4v) is 4.36. The summed E-state index contributed by atoms with van der Waals surface area (Å²) >= 11 is 3.35. The molecule has 3 nitrogen and oxygen atoms in total. The largest absolute Gasteiger partial charge is 0.337 e. The Hall–Kier alpha value is -1.20. The predicted molar refractivity (Wildman–Crippen MR) is 83.8 cm³/mol. The zero-order chi connectivity index (χ0) is 14.1. The second-order valence-corrected chi connectivity index (χ2v) is 7.86. The fraction of sp³-hybridized carbons (Fsp3) is 0.467. The highest BCUT2D eigenvalue weighted by Gasteiger charge is 2.27. The van der Waals surface area contributed by atoms with Crippen LogP contribution in [0.25, 0.3) is 0 Å². The molecular formula is C15H18N2OS2. The van der Waals surface area contributed by atoms with E-state index in [9.17, 15) is 4.79 Å². The van der Waals surface area contributed by atoms with Gasteiger partial charge in [-0.05, 0) is 38.8 Å². The number of aromatic nitrogens is 1. The van der Waals surface area contributed by atoms with E-state index in [-0.39, 0.29) is 5.91 Å². The summed E-state index contributed by atoms with van der Waals surface area (Å²) in [4.78, 5) is 22.3. The maximum absolute atomic E-state index is 12.5. The Balaban J connectivity index is 1.73. The maximum Gasteiger partial charge on any atom is 0.263 e. The van der Waals surface area contributed by atoms with E-state index in [0.29, 0.717) is 5.92 Å². The summed E-state index contributed by atoms with van der Waals surface area (Å²) in [5.41, 5.74) is 0. The first-order valence-electron chi connectivity index (χ1n) is 6.91. The number of likely N-dealkylation sites (tertiary alicyclic amines) is 1. The van der Waals surface area contributed by atoms with Gasteiger partial charge in [-0.15, -0.1) is 22.7 Å². The van der Waals surface area contributed by atoms with Gasteiger partial charge < -0.3 is 4.90 Å². The molecule has 1 fully saturated rings. The molecule has 1 saturated heterocycles. The Morgan fingerprint density at radius 1 is 1.30 bits per heavy atom. The smallest absolute Gasteiger partial charge is 0.263 e. The topological polar surface area (TPSA) is 33.2 Å². The van der Waals surface area contributed by atoms with Crippen molar-refractivity contribution in [2.45, 2.75) is 32.6 Å². The zero-order valence-corrected chi connectivity index (χ0v) is 13.4. The molecule has 0 N–H and O–H groups in total. The van der Waals surface area contributed by atoms with Gasteiger partial charge in [0.2, 0.25) is 0 Å². The number of carbonyl (C=O) groups excluding carboxylic acids is 1. The van der Waals surface area contributed by atoms with Crippen molar-refractivity contribution in [1.82, 2.24) is 9.88 Å². The van der Waals surface area contributed by atoms with Crippen LogP contribution in [0.1, 0.15) is 43.2 Å². The van der Waals surface area contributed by atoms with Crippen molar-refractivity contribution >= 4 is 28.6 Å². The second-order valence-electron chi connectivity index (χ2n) is 5.31. The summed E-state index contributed by atoms with van der Waals surface area (Å²) in [6, 6.07) is 3.96. The molecule has 0 aliphatic carbocycles. The van der Waals surface area contributed by atoms with E-state index in [1.165, 1.54) is 14.8 Å². The van der Waals surface area contributed by atoms with E-state index in [4.69, 9.17) is 0 Å². The van der Waals surface area contributed by atoms with Crippen LogP contribution in [0, 0.1) is 13.8 Å². The maximum atomic E-state index is 12.5. The van der Waals surface area contributed by atoms with Gasteiger partial charge >= 0.3 is 0 Å². The molecule has 2 aromatic heterocycles. The van der Waals surface area contributed by atoms with Crippen LogP contribution in [0.4, 0.5) is 0 Å². The minimum Gasteiger partial charge on any atom is -0.337 e. The third kappa shape index (κ3) is 2.79. The average Bonchev–Trinajstić information content (AvgIpc) is 3.07. The highest BCUT2D eigenvalue weighted by atomic mass is 32.1. The van der Waals surface area contributed by atoms with Crippen molar-refractivity contribution in [3.8, 4) is 0 Å². The van der Waals surface area contributed by atoms with Crippen molar-refractivity contribution in [1.29, 1.82) is 0 Å². The number of piperidine rings is 1. The number of amides is 1. The highest BCUT2D eigenvalue weighted by molar-refractivity contribution is 7.14. The number of aryl methyl sites for hydroxylation is 2. The van der Waals surface area contributed by atoms with Crippen molar-refractivity contribution < 1.29 is 4.79 Å². The Morgan fingerprint density at radius 2 is 2.15 bits per heavy atom. The molecule has 1 aliphatic rings. The van der Waals surface area contributed by atoms with Crippen LogP contribution in [-0.4, -0.2) is 28.9 Å². The van der Waals surface area contributed by atoms with Crippen LogP contribution in [0.2, 0.25) is 0 Å². The van der Waals surface area contributed by atoms with Gasteiger partial charge in [-0.3, -0.25) is 4.79 Å². The summed E-state index contributed by atoms with van der Waals surface area (Å²) in [5, 5.41) is 1.18. The lowest BCUT2D eigenvalue weighted by Gasteiger charge is -2.31. The van der Waals surface area contributed by atoms with Gasteiger partial charge in [0, 0.05) is 35.0 Å². The molecule has 5 heteroatoms. The molecule has 0 aromatic carbocycles. The van der Waals surface area contributed by atoms with Crippen molar-refractivity contribution in [2.75, 3.05) is 13.1 Å². The Kier molecular flexibility index (Phi) is 3.89. The molecule has 0 unspecified atom stereocenters. The number of thiophene rings is 1. The summed E-state index contributed by atoms with van der Waals surface area (Å²) in [5.74, 6) is 0.591. The van der Waals surface area contributed by atoms with Crippen LogP contribution >= 0.6 is 22.7 Å². The van der Waals surface area contributed by atoms with Crippen LogP contribution < -0.4 is 0 Å². The number of rotatable bonds is 2. The van der Waals surface area contributed by atoms with Crippen LogP contribution in [0.5, 0.6) is 0 Å². The standard InChI is InChI=1S/C15H18N2OS2/c1-10-5-6-13(19-10)15(18)17-7-3-4-12(9-17)14-16-8-11(2)20-14/h5-6,8,12H,3-4,7,9H2,1-2H3/t12-/m1/s1. The monoisotopic (exact) mass is 306 g/mol. The molecule has 3 heterocycles. The lowest BCUT2D eigenvalue weighted by Crippen LogP contribution is -2.38. The number of hydrogen-bond donors (Lipinski definition) is 0. The van der Waals surface area contributed by atoms with E-state index in [2.05, 4.69) is 11.9 Å². The fourth-order valence-electron chi connectivity index (χ4n) is 2.63. The summed E-state index contributed by atoms with van der Waals surface area (Å²) in [7, 11) is 0. The minimum atomic E-state index is 0.182. The molecule has 20 heavy (non-hydrogen) atoms. The van der Waals surface area contributed by atoms with Gasteiger partial charge in [-0.2, -0.15) is 0 Å². The van der Waals surface area contributed by atoms with E-state index < -0.39 is 0 Å². The third-order valence-electron chi connectivity index (χ3n) is 3.65. The molecule has 0 spiro atoms. The quantitative estimate of drug-likeness (QED) is 0.844. The molecule has 0 radical (unpaired) electrons. The molecule has 1 amide bonds. The summed E-state index contributed by atoms with van der Waals surface area (Å²) in [6.07, 6.45) is 4.14. The van der Waals surface area contributed by atoms with Crippen LogP contribution in [0.15, 0.2) is 18.3 Å². The molecule has 2 aromatic rings. The Labute approximate surface area is 127 Å². The summed E-state index contributed by atoms with van der Waals surface area (Å²) in [6.45, 7) is 5.81. The lowest BCUT2D eigenvalue weighted by molar-refractivity contribution is 0.0712. The van der Waals surface area contributed by atoms with Gasteiger partial charge in [-0.1, -0.05) is 0 Å².